The zero-order valence-electron chi connectivity index (χ0n) is 22.1. The number of anilines is 2. The van der Waals surface area contributed by atoms with E-state index in [1.165, 1.54) is 0 Å². The molecule has 0 aliphatic rings. The summed E-state index contributed by atoms with van der Waals surface area (Å²) in [6.45, 7) is 0.903. The number of hydrogen-bond donors (Lipinski definition) is 4. The fourth-order valence-electron chi connectivity index (χ4n) is 3.27. The number of furan rings is 2. The van der Waals surface area contributed by atoms with Crippen molar-refractivity contribution in [2.45, 2.75) is 45.2 Å². The lowest BCUT2D eigenvalue weighted by Gasteiger charge is -1.96. The number of H-pyrrole nitrogens is 2. The molecular weight excluding hydrogens is 571 g/mol. The predicted molar refractivity (Wildman–Crippen MR) is 159 cm³/mol. The van der Waals surface area contributed by atoms with Gasteiger partial charge in [-0.15, -0.1) is 42.3 Å². The van der Waals surface area contributed by atoms with Crippen LogP contribution in [-0.2, 0) is 32.4 Å². The summed E-state index contributed by atoms with van der Waals surface area (Å²) in [6, 6.07) is 7.30. The van der Waals surface area contributed by atoms with E-state index in [4.69, 9.17) is 32.3 Å². The fraction of sp³-hybridized carbons (Fsp3) is 0.280. The van der Waals surface area contributed by atoms with Crippen molar-refractivity contribution in [1.82, 2.24) is 34.9 Å². The van der Waals surface area contributed by atoms with Crippen molar-refractivity contribution in [3.05, 3.63) is 94.4 Å². The number of nitrogens with two attached hydrogens (primary N) is 2. The van der Waals surface area contributed by atoms with E-state index in [1.54, 1.807) is 41.7 Å². The molecule has 5 heterocycles. The van der Waals surface area contributed by atoms with E-state index in [9.17, 15) is 0 Å². The van der Waals surface area contributed by atoms with Gasteiger partial charge in [-0.05, 0) is 49.1 Å². The Morgan fingerprint density at radius 3 is 2.15 bits per heavy atom. The van der Waals surface area contributed by atoms with Crippen molar-refractivity contribution < 1.29 is 8.83 Å². The maximum absolute atomic E-state index is 7.88. The number of nitrogens with one attached hydrogen (secondary N) is 2. The molecule has 0 aromatic carbocycles. The summed E-state index contributed by atoms with van der Waals surface area (Å²) in [6.07, 6.45) is 18.0. The molecule has 5 aromatic rings. The number of terminal acetylenes is 1. The summed E-state index contributed by atoms with van der Waals surface area (Å²) in [5.74, 6) is 5.01. The highest BCUT2D eigenvalue weighted by Crippen LogP contribution is 2.07. The number of azide groups is 1. The Bertz CT molecular complexity index is 1450. The minimum absolute atomic E-state index is 0. The molecule has 0 aliphatic heterocycles. The van der Waals surface area contributed by atoms with Crippen molar-refractivity contribution in [3.8, 4) is 12.3 Å². The van der Waals surface area contributed by atoms with Gasteiger partial charge < -0.3 is 30.3 Å². The van der Waals surface area contributed by atoms with E-state index < -0.39 is 0 Å². The van der Waals surface area contributed by atoms with E-state index >= 15 is 0 Å². The molecule has 5 rings (SSSR count). The molecule has 0 unspecified atom stereocenters. The Balaban J connectivity index is 0.000000339. The molecule has 0 radical (unpaired) electrons. The van der Waals surface area contributed by atoms with Crippen LogP contribution in [0.1, 0.15) is 41.4 Å². The van der Waals surface area contributed by atoms with E-state index in [0.29, 0.717) is 30.7 Å². The average Bonchev–Trinajstić information content (AvgIpc) is 3.76. The molecule has 0 fully saturated rings. The van der Waals surface area contributed by atoms with E-state index in [1.807, 2.05) is 18.3 Å². The minimum Gasteiger partial charge on any atom is -0.469 e. The van der Waals surface area contributed by atoms with E-state index in [2.05, 4.69) is 46.2 Å². The molecule has 0 amide bonds. The fourth-order valence-corrected chi connectivity index (χ4v) is 3.27. The van der Waals surface area contributed by atoms with Crippen LogP contribution in [0.5, 0.6) is 0 Å². The number of imidazole rings is 2. The molecule has 0 atom stereocenters. The van der Waals surface area contributed by atoms with Crippen LogP contribution in [0.3, 0.4) is 0 Å². The molecule has 6 N–H and O–H groups in total. The Morgan fingerprint density at radius 1 is 0.976 bits per heavy atom. The van der Waals surface area contributed by atoms with Gasteiger partial charge in [0, 0.05) is 35.3 Å². The molecular formula is C25H32Cl2N12O2. The van der Waals surface area contributed by atoms with Gasteiger partial charge in [0.25, 0.3) is 0 Å². The van der Waals surface area contributed by atoms with Crippen molar-refractivity contribution >= 4 is 36.7 Å². The second-order valence-electron chi connectivity index (χ2n) is 8.10. The first-order chi connectivity index (χ1) is 19.1. The van der Waals surface area contributed by atoms with Gasteiger partial charge in [0.2, 0.25) is 0 Å². The molecule has 5 aromatic heterocycles. The quantitative estimate of drug-likeness (QED) is 0.0744. The number of aromatic amines is 2. The van der Waals surface area contributed by atoms with E-state index in [0.717, 1.165) is 54.9 Å². The molecule has 41 heavy (non-hydrogen) atoms. The minimum atomic E-state index is 0. The number of nitrogens with zero attached hydrogens (tertiary/aromatic N) is 8. The summed E-state index contributed by atoms with van der Waals surface area (Å²) < 4.78 is 11.9. The normalized spacial score (nSPS) is 9.44. The van der Waals surface area contributed by atoms with Crippen molar-refractivity contribution in [2.75, 3.05) is 11.5 Å². The van der Waals surface area contributed by atoms with Crippen LogP contribution in [0.25, 0.3) is 10.4 Å². The third-order valence-electron chi connectivity index (χ3n) is 5.07. The highest BCUT2D eigenvalue weighted by molar-refractivity contribution is 5.85. The topological polar surface area (TPSA) is 215 Å². The highest BCUT2D eigenvalue weighted by Gasteiger charge is 2.04. The van der Waals surface area contributed by atoms with Gasteiger partial charge in [0.15, 0.2) is 11.9 Å². The van der Waals surface area contributed by atoms with Crippen LogP contribution < -0.4 is 11.5 Å². The number of nitrogen functional groups attached to an aromatic ring is 2. The van der Waals surface area contributed by atoms with Gasteiger partial charge in [-0.25, -0.2) is 14.6 Å². The summed E-state index contributed by atoms with van der Waals surface area (Å²) in [7, 11) is 0. The monoisotopic (exact) mass is 602 g/mol. The van der Waals surface area contributed by atoms with Crippen molar-refractivity contribution in [3.63, 3.8) is 0 Å². The summed E-state index contributed by atoms with van der Waals surface area (Å²) >= 11 is 0. The van der Waals surface area contributed by atoms with Crippen LogP contribution in [0.2, 0.25) is 0 Å². The molecule has 0 spiro atoms. The summed E-state index contributed by atoms with van der Waals surface area (Å²) in [4.78, 5) is 16.3. The number of rotatable bonds is 10. The Hall–Kier alpha value is -4.83. The van der Waals surface area contributed by atoms with Crippen LogP contribution in [0.15, 0.2) is 69.3 Å². The van der Waals surface area contributed by atoms with Gasteiger partial charge in [-0.3, -0.25) is 0 Å². The molecule has 14 nitrogen and oxygen atoms in total. The first-order valence-electron chi connectivity index (χ1n) is 12.0. The van der Waals surface area contributed by atoms with Crippen LogP contribution in [0, 0.1) is 12.3 Å². The first-order valence-corrected chi connectivity index (χ1v) is 12.0. The van der Waals surface area contributed by atoms with E-state index in [-0.39, 0.29) is 24.8 Å². The number of halogens is 2. The Morgan fingerprint density at radius 2 is 1.61 bits per heavy atom. The standard InChI is InChI=1S/C13H16N6O.C7H9N3.C5H5N3O.2ClH/c14-13-15-7-10(16-13)3-1-4-11-8-19(18-17-11)9-12-5-2-6-20-12;1-2-3-4-6-5-9-7(8)10-6;6-8-7-4-5-2-1-3-9-5;;/h2,5-8H,1,3-4,9H2,(H3,14,15,16);1,5H,3-4H2,(H3,8,9,10);1-3H,4H2;2*1H. The van der Waals surface area contributed by atoms with Gasteiger partial charge in [-0.1, -0.05) is 10.3 Å². The van der Waals surface area contributed by atoms with Gasteiger partial charge in [-0.2, -0.15) is 0 Å². The van der Waals surface area contributed by atoms with Gasteiger partial charge in [0.05, 0.1) is 37.2 Å². The lowest BCUT2D eigenvalue weighted by atomic mass is 10.2. The zero-order chi connectivity index (χ0) is 27.7. The molecule has 0 saturated carbocycles. The maximum atomic E-state index is 7.88. The Kier molecular flexibility index (Phi) is 16.1. The molecule has 0 saturated heterocycles. The van der Waals surface area contributed by atoms with Crippen LogP contribution in [-0.4, -0.2) is 34.9 Å². The first kappa shape index (κ1) is 34.2. The summed E-state index contributed by atoms with van der Waals surface area (Å²) in [5.41, 5.74) is 21.8. The molecule has 0 aliphatic carbocycles. The van der Waals surface area contributed by atoms with Gasteiger partial charge in [0.1, 0.15) is 18.1 Å². The van der Waals surface area contributed by atoms with Crippen molar-refractivity contribution in [2.24, 2.45) is 5.11 Å². The third kappa shape index (κ3) is 13.2. The van der Waals surface area contributed by atoms with Crippen LogP contribution >= 0.6 is 24.8 Å². The second-order valence-corrected chi connectivity index (χ2v) is 8.10. The van der Waals surface area contributed by atoms with Crippen LogP contribution in [0.4, 0.5) is 11.9 Å². The average molecular weight is 604 g/mol. The number of aryl methyl sites for hydroxylation is 3. The largest absolute Gasteiger partial charge is 0.469 e. The highest BCUT2D eigenvalue weighted by atomic mass is 35.5. The predicted octanol–water partition coefficient (Wildman–Crippen LogP) is 4.89. The Labute approximate surface area is 248 Å². The van der Waals surface area contributed by atoms with Crippen molar-refractivity contribution in [1.29, 1.82) is 0 Å². The lowest BCUT2D eigenvalue weighted by molar-refractivity contribution is 0.475. The SMILES string of the molecule is C#CCCc1cnc(N)[nH]1.Cl.Cl.Nc1ncc(CCCc2cn(Cc3ccco3)nn2)[nH]1.[N-]=[N+]=NCc1ccco1. The molecule has 218 valence electrons. The lowest BCUT2D eigenvalue weighted by Crippen LogP contribution is -1.98. The zero-order valence-corrected chi connectivity index (χ0v) is 23.7. The second kappa shape index (κ2) is 19.3. The maximum Gasteiger partial charge on any atom is 0.197 e. The number of hydrogen-bond acceptors (Lipinski definition) is 9. The molecule has 0 bridgehead atoms. The summed E-state index contributed by atoms with van der Waals surface area (Å²) in [5, 5.41) is 11.5. The molecule has 16 heteroatoms. The van der Waals surface area contributed by atoms with Gasteiger partial charge >= 0.3 is 0 Å². The number of aromatic nitrogens is 7. The smallest absolute Gasteiger partial charge is 0.197 e. The third-order valence-corrected chi connectivity index (χ3v) is 5.07.